The first-order valence-corrected chi connectivity index (χ1v) is 4.79. The van der Waals surface area contributed by atoms with E-state index in [4.69, 9.17) is 0 Å². The van der Waals surface area contributed by atoms with Gasteiger partial charge in [0.2, 0.25) is 0 Å². The highest BCUT2D eigenvalue weighted by Gasteiger charge is 1.97. The molecule has 0 aliphatic heterocycles. The standard InChI is InChI=1S/C14H20/c1-7-8-9-14(10-11(2)3)13(6)12(4)5/h7-10H,1-2H2,3-6H3. The molecular formula is C14H20. The molecule has 0 heteroatoms. The van der Waals surface area contributed by atoms with Gasteiger partial charge in [0, 0.05) is 0 Å². The third kappa shape index (κ3) is 4.66. The molecule has 0 radical (unpaired) electrons. The van der Waals surface area contributed by atoms with Gasteiger partial charge in [0.05, 0.1) is 0 Å². The summed E-state index contributed by atoms with van der Waals surface area (Å²) in [7, 11) is 0. The molecule has 0 unspecified atom stereocenters. The van der Waals surface area contributed by atoms with Crippen LogP contribution in [-0.4, -0.2) is 0 Å². The fourth-order valence-corrected chi connectivity index (χ4v) is 1.01. The Labute approximate surface area is 88.0 Å². The van der Waals surface area contributed by atoms with E-state index in [0.717, 1.165) is 5.57 Å². The largest absolute Gasteiger partial charge is 0.0991 e. The summed E-state index contributed by atoms with van der Waals surface area (Å²) >= 11 is 0. The zero-order chi connectivity index (χ0) is 11.1. The van der Waals surface area contributed by atoms with Crippen LogP contribution < -0.4 is 0 Å². The highest BCUT2D eigenvalue weighted by molar-refractivity contribution is 5.44. The molecule has 0 saturated heterocycles. The Morgan fingerprint density at radius 3 is 2.00 bits per heavy atom. The van der Waals surface area contributed by atoms with E-state index in [1.54, 1.807) is 6.08 Å². The summed E-state index contributed by atoms with van der Waals surface area (Å²) in [6, 6.07) is 0. The molecule has 0 nitrogen and oxygen atoms in total. The van der Waals surface area contributed by atoms with Crippen molar-refractivity contribution in [2.75, 3.05) is 0 Å². The third-order valence-corrected chi connectivity index (χ3v) is 2.00. The quantitative estimate of drug-likeness (QED) is 0.566. The lowest BCUT2D eigenvalue weighted by molar-refractivity contribution is 1.25. The lowest BCUT2D eigenvalue weighted by atomic mass is 10.0. The molecule has 0 aliphatic rings. The second kappa shape index (κ2) is 6.20. The smallest absolute Gasteiger partial charge is 0.0226 e. The van der Waals surface area contributed by atoms with Crippen molar-refractivity contribution in [3.8, 4) is 0 Å². The van der Waals surface area contributed by atoms with Gasteiger partial charge < -0.3 is 0 Å². The molecule has 14 heavy (non-hydrogen) atoms. The van der Waals surface area contributed by atoms with Gasteiger partial charge in [0.25, 0.3) is 0 Å². The van der Waals surface area contributed by atoms with E-state index < -0.39 is 0 Å². The first-order chi connectivity index (χ1) is 6.49. The van der Waals surface area contributed by atoms with Crippen LogP contribution in [0.1, 0.15) is 27.7 Å². The maximum atomic E-state index is 3.89. The van der Waals surface area contributed by atoms with Crippen LogP contribution in [0.15, 0.2) is 59.8 Å². The van der Waals surface area contributed by atoms with Crippen LogP contribution in [0.2, 0.25) is 0 Å². The van der Waals surface area contributed by atoms with Crippen LogP contribution in [0.5, 0.6) is 0 Å². The molecule has 0 N–H and O–H groups in total. The van der Waals surface area contributed by atoms with Crippen LogP contribution >= 0.6 is 0 Å². The molecule has 0 aromatic carbocycles. The van der Waals surface area contributed by atoms with Crippen molar-refractivity contribution in [3.63, 3.8) is 0 Å². The van der Waals surface area contributed by atoms with Crippen molar-refractivity contribution in [2.45, 2.75) is 27.7 Å². The summed E-state index contributed by atoms with van der Waals surface area (Å²) in [4.78, 5) is 0. The predicted molar refractivity (Wildman–Crippen MR) is 66.3 cm³/mol. The molecule has 76 valence electrons. The second-order valence-electron chi connectivity index (χ2n) is 3.67. The number of hydrogen-bond donors (Lipinski definition) is 0. The molecule has 0 bridgehead atoms. The number of hydrogen-bond acceptors (Lipinski definition) is 0. The maximum Gasteiger partial charge on any atom is -0.0226 e. The molecule has 0 aromatic heterocycles. The lowest BCUT2D eigenvalue weighted by Gasteiger charge is -2.05. The fourth-order valence-electron chi connectivity index (χ4n) is 1.01. The molecule has 0 aliphatic carbocycles. The highest BCUT2D eigenvalue weighted by Crippen LogP contribution is 2.17. The van der Waals surface area contributed by atoms with E-state index in [2.05, 4.69) is 46.1 Å². The topological polar surface area (TPSA) is 0 Å². The monoisotopic (exact) mass is 188 g/mol. The normalized spacial score (nSPS) is 11.6. The van der Waals surface area contributed by atoms with Crippen molar-refractivity contribution in [1.82, 2.24) is 0 Å². The summed E-state index contributed by atoms with van der Waals surface area (Å²) in [5, 5.41) is 0. The molecule has 0 atom stereocenters. The minimum atomic E-state index is 1.06. The van der Waals surface area contributed by atoms with Gasteiger partial charge in [-0.25, -0.2) is 0 Å². The average molecular weight is 188 g/mol. The minimum Gasteiger partial charge on any atom is -0.0991 e. The van der Waals surface area contributed by atoms with Gasteiger partial charge >= 0.3 is 0 Å². The minimum absolute atomic E-state index is 1.06. The van der Waals surface area contributed by atoms with Gasteiger partial charge in [-0.05, 0) is 38.8 Å². The predicted octanol–water partition coefficient (Wildman–Crippen LogP) is 4.59. The Kier molecular flexibility index (Phi) is 5.62. The van der Waals surface area contributed by atoms with Gasteiger partial charge in [-0.3, -0.25) is 0 Å². The molecule has 0 amide bonds. The van der Waals surface area contributed by atoms with E-state index in [9.17, 15) is 0 Å². The zero-order valence-corrected chi connectivity index (χ0v) is 9.72. The van der Waals surface area contributed by atoms with Gasteiger partial charge in [-0.1, -0.05) is 48.6 Å². The third-order valence-electron chi connectivity index (χ3n) is 2.00. The molecule has 0 heterocycles. The molecule has 0 rings (SSSR count). The van der Waals surface area contributed by atoms with Crippen LogP contribution in [0.25, 0.3) is 0 Å². The summed E-state index contributed by atoms with van der Waals surface area (Å²) in [5.41, 5.74) is 4.89. The molecule has 0 spiro atoms. The Morgan fingerprint density at radius 2 is 1.64 bits per heavy atom. The Bertz CT molecular complexity index is 305. The SMILES string of the molecule is C=CC=CC(=CC(=C)C)C(C)=C(C)C. The molecule has 0 aromatic rings. The van der Waals surface area contributed by atoms with E-state index >= 15 is 0 Å². The summed E-state index contributed by atoms with van der Waals surface area (Å²) < 4.78 is 0. The summed E-state index contributed by atoms with van der Waals surface area (Å²) in [6.45, 7) is 15.9. The molecule has 0 fully saturated rings. The Hall–Kier alpha value is -1.30. The van der Waals surface area contributed by atoms with E-state index in [1.807, 2.05) is 13.0 Å². The number of rotatable bonds is 4. The van der Waals surface area contributed by atoms with Crippen molar-refractivity contribution < 1.29 is 0 Å². The van der Waals surface area contributed by atoms with E-state index in [1.165, 1.54) is 16.7 Å². The maximum absolute atomic E-state index is 3.89. The zero-order valence-electron chi connectivity index (χ0n) is 9.72. The van der Waals surface area contributed by atoms with Crippen molar-refractivity contribution in [3.05, 3.63) is 59.8 Å². The molecule has 0 saturated carbocycles. The molecular weight excluding hydrogens is 168 g/mol. The van der Waals surface area contributed by atoms with Gasteiger partial charge in [0.1, 0.15) is 0 Å². The highest BCUT2D eigenvalue weighted by atomic mass is 14.0. The van der Waals surface area contributed by atoms with E-state index in [-0.39, 0.29) is 0 Å². The van der Waals surface area contributed by atoms with Crippen molar-refractivity contribution >= 4 is 0 Å². The van der Waals surface area contributed by atoms with Gasteiger partial charge in [0.15, 0.2) is 0 Å². The van der Waals surface area contributed by atoms with Crippen LogP contribution in [-0.2, 0) is 0 Å². The van der Waals surface area contributed by atoms with Crippen molar-refractivity contribution in [1.29, 1.82) is 0 Å². The number of allylic oxidation sites excluding steroid dienone is 8. The average Bonchev–Trinajstić information content (AvgIpc) is 2.10. The van der Waals surface area contributed by atoms with Crippen molar-refractivity contribution in [2.24, 2.45) is 0 Å². The van der Waals surface area contributed by atoms with E-state index in [0.29, 0.717) is 0 Å². The van der Waals surface area contributed by atoms with Crippen LogP contribution in [0, 0.1) is 0 Å². The second-order valence-corrected chi connectivity index (χ2v) is 3.67. The summed E-state index contributed by atoms with van der Waals surface area (Å²) in [6.07, 6.45) is 7.87. The first kappa shape index (κ1) is 12.7. The van der Waals surface area contributed by atoms with Crippen LogP contribution in [0.3, 0.4) is 0 Å². The van der Waals surface area contributed by atoms with Crippen LogP contribution in [0.4, 0.5) is 0 Å². The van der Waals surface area contributed by atoms with Gasteiger partial charge in [-0.2, -0.15) is 0 Å². The fraction of sp³-hybridized carbons (Fsp3) is 0.286. The van der Waals surface area contributed by atoms with Gasteiger partial charge in [-0.15, -0.1) is 0 Å². The lowest BCUT2D eigenvalue weighted by Crippen LogP contribution is -1.85. The Balaban J connectivity index is 5.12. The first-order valence-electron chi connectivity index (χ1n) is 4.79. The summed E-state index contributed by atoms with van der Waals surface area (Å²) in [5.74, 6) is 0. The Morgan fingerprint density at radius 1 is 1.07 bits per heavy atom.